The second kappa shape index (κ2) is 14.1. The van der Waals surface area contributed by atoms with Crippen molar-refractivity contribution in [2.24, 2.45) is 5.92 Å². The van der Waals surface area contributed by atoms with Crippen LogP contribution in [-0.4, -0.2) is 5.16 Å². The monoisotopic (exact) mass is 400 g/mol. The smallest absolute Gasteiger partial charge is 0.0127 e. The second-order valence-electron chi connectivity index (χ2n) is 5.96. The van der Waals surface area contributed by atoms with Crippen molar-refractivity contribution in [3.05, 3.63) is 0 Å². The molecular weight excluding hydrogens is 362 g/mol. The van der Waals surface area contributed by atoms with Gasteiger partial charge < -0.3 is 0 Å². The van der Waals surface area contributed by atoms with Crippen LogP contribution in [-0.2, 0) is 0 Å². The normalized spacial score (nSPS) is 13.1. The Hall–Kier alpha value is 1.16. The van der Waals surface area contributed by atoms with Gasteiger partial charge in [0.2, 0.25) is 0 Å². The summed E-state index contributed by atoms with van der Waals surface area (Å²) >= 11 is 0. The van der Waals surface area contributed by atoms with Crippen molar-refractivity contribution in [1.82, 2.24) is 0 Å². The van der Waals surface area contributed by atoms with Gasteiger partial charge in [0, 0.05) is 0 Å². The Kier molecular flexibility index (Phi) is 16.7. The molecule has 0 saturated carbocycles. The third-order valence-corrected chi connectivity index (χ3v) is 6.07. The van der Waals surface area contributed by atoms with Crippen LogP contribution in [0.15, 0.2) is 0 Å². The zero-order valence-corrected chi connectivity index (χ0v) is 17.3. The number of rotatable bonds is 12. The SMILES string of the molecule is CCCCCCCCCC(CC)C(P)(CC)CC.I. The van der Waals surface area contributed by atoms with Crippen LogP contribution in [0.4, 0.5) is 0 Å². The van der Waals surface area contributed by atoms with Crippen LogP contribution in [0.1, 0.15) is 98.3 Å². The van der Waals surface area contributed by atoms with E-state index in [1.54, 1.807) is 0 Å². The topological polar surface area (TPSA) is 0 Å². The van der Waals surface area contributed by atoms with Crippen LogP contribution >= 0.6 is 33.2 Å². The molecule has 0 aliphatic rings. The molecule has 0 amide bonds. The highest BCUT2D eigenvalue weighted by Gasteiger charge is 2.28. The lowest BCUT2D eigenvalue weighted by molar-refractivity contribution is 0.313. The summed E-state index contributed by atoms with van der Waals surface area (Å²) in [6.45, 7) is 9.36. The first-order valence-corrected chi connectivity index (χ1v) is 9.01. The van der Waals surface area contributed by atoms with Crippen LogP contribution in [0, 0.1) is 5.92 Å². The molecule has 2 atom stereocenters. The van der Waals surface area contributed by atoms with Gasteiger partial charge >= 0.3 is 0 Å². The maximum atomic E-state index is 3.17. The lowest BCUT2D eigenvalue weighted by atomic mass is 9.81. The Morgan fingerprint density at radius 3 is 1.68 bits per heavy atom. The van der Waals surface area contributed by atoms with Gasteiger partial charge in [0.25, 0.3) is 0 Å². The quantitative estimate of drug-likeness (QED) is 0.185. The van der Waals surface area contributed by atoms with Crippen molar-refractivity contribution in [3.8, 4) is 0 Å². The summed E-state index contributed by atoms with van der Waals surface area (Å²) in [5, 5.41) is 0.511. The number of hydrogen-bond donors (Lipinski definition) is 0. The fraction of sp³-hybridized carbons (Fsp3) is 1.00. The molecule has 0 bridgehead atoms. The van der Waals surface area contributed by atoms with Crippen molar-refractivity contribution < 1.29 is 0 Å². The summed E-state index contributed by atoms with van der Waals surface area (Å²) in [5.74, 6) is 0.910. The highest BCUT2D eigenvalue weighted by molar-refractivity contribution is 14.0. The van der Waals surface area contributed by atoms with Gasteiger partial charge in [-0.25, -0.2) is 0 Å². The molecule has 2 unspecified atom stereocenters. The Morgan fingerprint density at radius 1 is 0.789 bits per heavy atom. The molecule has 0 aromatic heterocycles. The number of hydrogen-bond acceptors (Lipinski definition) is 0. The van der Waals surface area contributed by atoms with Gasteiger partial charge in [0.05, 0.1) is 0 Å². The standard InChI is InChI=1S/C17H37P.HI/c1-5-9-10-11-12-13-14-15-16(6-2)17(18,7-3)8-4;/h16H,5-15,18H2,1-4H3;1H. The summed E-state index contributed by atoms with van der Waals surface area (Å²) < 4.78 is 0. The Morgan fingerprint density at radius 2 is 1.26 bits per heavy atom. The van der Waals surface area contributed by atoms with E-state index >= 15 is 0 Å². The fourth-order valence-electron chi connectivity index (χ4n) is 3.07. The predicted molar refractivity (Wildman–Crippen MR) is 105 cm³/mol. The third kappa shape index (κ3) is 9.67. The maximum Gasteiger partial charge on any atom is -0.0127 e. The van der Waals surface area contributed by atoms with Crippen molar-refractivity contribution in [1.29, 1.82) is 0 Å². The first-order chi connectivity index (χ1) is 8.64. The highest BCUT2D eigenvalue weighted by atomic mass is 127. The molecule has 19 heavy (non-hydrogen) atoms. The molecule has 0 heterocycles. The zero-order valence-electron chi connectivity index (χ0n) is 13.8. The highest BCUT2D eigenvalue weighted by Crippen LogP contribution is 2.39. The molecule has 0 rings (SSSR count). The van der Waals surface area contributed by atoms with Gasteiger partial charge in [-0.3, -0.25) is 0 Å². The van der Waals surface area contributed by atoms with E-state index in [0.29, 0.717) is 5.16 Å². The van der Waals surface area contributed by atoms with Crippen LogP contribution in [0.3, 0.4) is 0 Å². The number of unbranched alkanes of at least 4 members (excludes halogenated alkanes) is 6. The minimum atomic E-state index is 0. The van der Waals surface area contributed by atoms with E-state index in [4.69, 9.17) is 0 Å². The maximum absolute atomic E-state index is 3.17. The molecule has 0 aliphatic heterocycles. The van der Waals surface area contributed by atoms with E-state index in [1.165, 1.54) is 70.6 Å². The molecule has 0 aromatic carbocycles. The van der Waals surface area contributed by atoms with Crippen LogP contribution in [0.2, 0.25) is 0 Å². The molecule has 2 heteroatoms. The molecule has 0 aromatic rings. The first kappa shape index (κ1) is 22.4. The van der Waals surface area contributed by atoms with E-state index in [2.05, 4.69) is 36.9 Å². The zero-order chi connectivity index (χ0) is 13.9. The third-order valence-electron chi connectivity index (χ3n) is 4.78. The summed E-state index contributed by atoms with van der Waals surface area (Å²) in [7, 11) is 3.17. The van der Waals surface area contributed by atoms with Crippen LogP contribution in [0.25, 0.3) is 0 Å². The van der Waals surface area contributed by atoms with Crippen molar-refractivity contribution >= 4 is 33.2 Å². The molecule has 0 spiro atoms. The van der Waals surface area contributed by atoms with E-state index < -0.39 is 0 Å². The van der Waals surface area contributed by atoms with Gasteiger partial charge in [-0.15, -0.1) is 33.2 Å². The van der Waals surface area contributed by atoms with Crippen molar-refractivity contribution in [2.45, 2.75) is 103 Å². The molecule has 118 valence electrons. The van der Waals surface area contributed by atoms with Crippen molar-refractivity contribution in [2.75, 3.05) is 0 Å². The van der Waals surface area contributed by atoms with E-state index in [0.717, 1.165) is 5.92 Å². The second-order valence-corrected chi connectivity index (χ2v) is 7.11. The summed E-state index contributed by atoms with van der Waals surface area (Å²) in [4.78, 5) is 0. The lowest BCUT2D eigenvalue weighted by Crippen LogP contribution is -2.29. The fourth-order valence-corrected chi connectivity index (χ4v) is 3.48. The molecule has 0 aliphatic carbocycles. The minimum absolute atomic E-state index is 0. The van der Waals surface area contributed by atoms with Gasteiger partial charge in [0.15, 0.2) is 0 Å². The summed E-state index contributed by atoms with van der Waals surface area (Å²) in [6, 6.07) is 0. The summed E-state index contributed by atoms with van der Waals surface area (Å²) in [6.07, 6.45) is 15.5. The largest absolute Gasteiger partial charge is 0.131 e. The molecule has 0 N–H and O–H groups in total. The van der Waals surface area contributed by atoms with Gasteiger partial charge in [0.1, 0.15) is 0 Å². The Labute approximate surface area is 142 Å². The molecule has 0 fully saturated rings. The molecular formula is C17H38IP. The Bertz CT molecular complexity index is 178. The van der Waals surface area contributed by atoms with Gasteiger partial charge in [-0.05, 0) is 30.3 Å². The first-order valence-electron chi connectivity index (χ1n) is 8.43. The van der Waals surface area contributed by atoms with Gasteiger partial charge in [-0.1, -0.05) is 79.1 Å². The lowest BCUT2D eigenvalue weighted by Gasteiger charge is -2.36. The van der Waals surface area contributed by atoms with Crippen LogP contribution < -0.4 is 0 Å². The number of halogens is 1. The van der Waals surface area contributed by atoms with E-state index in [9.17, 15) is 0 Å². The van der Waals surface area contributed by atoms with Gasteiger partial charge in [-0.2, -0.15) is 0 Å². The summed E-state index contributed by atoms with van der Waals surface area (Å²) in [5.41, 5.74) is 0. The van der Waals surface area contributed by atoms with Crippen molar-refractivity contribution in [3.63, 3.8) is 0 Å². The average molecular weight is 400 g/mol. The molecule has 0 radical (unpaired) electrons. The molecule has 0 saturated heterocycles. The molecule has 0 nitrogen and oxygen atoms in total. The predicted octanol–water partition coefficient (Wildman–Crippen LogP) is 7.21. The van der Waals surface area contributed by atoms with E-state index in [-0.39, 0.29) is 24.0 Å². The minimum Gasteiger partial charge on any atom is -0.131 e. The van der Waals surface area contributed by atoms with Crippen LogP contribution in [0.5, 0.6) is 0 Å². The average Bonchev–Trinajstić information content (AvgIpc) is 2.41. The Balaban J connectivity index is 0. The van der Waals surface area contributed by atoms with E-state index in [1.807, 2.05) is 0 Å².